The highest BCUT2D eigenvalue weighted by molar-refractivity contribution is 5.78. The number of benzene rings is 1. The highest BCUT2D eigenvalue weighted by Crippen LogP contribution is 2.09. The molecule has 0 unspecified atom stereocenters. The minimum Gasteiger partial charge on any atom is -0.616 e. The van der Waals surface area contributed by atoms with Crippen LogP contribution >= 0.6 is 0 Å². The van der Waals surface area contributed by atoms with Gasteiger partial charge in [-0.2, -0.15) is 0 Å². The zero-order chi connectivity index (χ0) is 13.7. The van der Waals surface area contributed by atoms with Crippen molar-refractivity contribution < 1.29 is 14.4 Å². The zero-order valence-corrected chi connectivity index (χ0v) is 10.5. The SMILES string of the molecule is C.COC([O-])=c1cccc2c1cn1nc3nccnc3[n+]21. The minimum atomic E-state index is -0.375. The van der Waals surface area contributed by atoms with E-state index in [-0.39, 0.29) is 13.4 Å². The van der Waals surface area contributed by atoms with Crippen LogP contribution in [0.5, 0.6) is 0 Å². The molecule has 7 heteroatoms. The molecule has 4 rings (SSSR count). The molecule has 3 aromatic heterocycles. The molecule has 0 aliphatic carbocycles. The number of methoxy groups -OCH3 is 1. The fraction of sp³-hybridized carbons (Fsp3) is 0.143. The topological polar surface area (TPSA) is 79.5 Å². The lowest BCUT2D eigenvalue weighted by Gasteiger charge is -2.07. The molecule has 0 fully saturated rings. The number of fused-ring (bicyclic) bond motifs is 5. The van der Waals surface area contributed by atoms with Crippen LogP contribution in [0, 0.1) is 0 Å². The van der Waals surface area contributed by atoms with E-state index in [1.54, 1.807) is 35.4 Å². The first kappa shape index (κ1) is 13.0. The molecule has 0 N–H and O–H groups in total. The van der Waals surface area contributed by atoms with Gasteiger partial charge in [-0.25, -0.2) is 4.98 Å². The van der Waals surface area contributed by atoms with Crippen LogP contribution in [0.2, 0.25) is 0 Å². The quantitative estimate of drug-likeness (QED) is 0.438. The van der Waals surface area contributed by atoms with E-state index in [2.05, 4.69) is 15.1 Å². The van der Waals surface area contributed by atoms with Gasteiger partial charge in [-0.15, -0.1) is 9.50 Å². The molecule has 0 bridgehead atoms. The van der Waals surface area contributed by atoms with Crippen LogP contribution in [0.4, 0.5) is 0 Å². The summed E-state index contributed by atoms with van der Waals surface area (Å²) in [6.07, 6.45) is 4.97. The van der Waals surface area contributed by atoms with Crippen molar-refractivity contribution in [1.29, 1.82) is 0 Å². The molecule has 21 heavy (non-hydrogen) atoms. The van der Waals surface area contributed by atoms with Gasteiger partial charge in [-0.3, -0.25) is 0 Å². The van der Waals surface area contributed by atoms with Gasteiger partial charge in [0.1, 0.15) is 11.7 Å². The van der Waals surface area contributed by atoms with Crippen molar-refractivity contribution in [2.24, 2.45) is 0 Å². The average molecular weight is 283 g/mol. The Morgan fingerprint density at radius 3 is 2.90 bits per heavy atom. The Balaban J connectivity index is 0.00000132. The highest BCUT2D eigenvalue weighted by atomic mass is 16.6. The molecule has 0 saturated carbocycles. The maximum Gasteiger partial charge on any atom is 0.351 e. The second kappa shape index (κ2) is 4.55. The zero-order valence-electron chi connectivity index (χ0n) is 10.5. The van der Waals surface area contributed by atoms with Crippen LogP contribution in [0.15, 0.2) is 36.8 Å². The first-order chi connectivity index (χ1) is 9.79. The lowest BCUT2D eigenvalue weighted by Crippen LogP contribution is -2.26. The molecule has 0 amide bonds. The Morgan fingerprint density at radius 1 is 1.29 bits per heavy atom. The van der Waals surface area contributed by atoms with Gasteiger partial charge in [0.25, 0.3) is 0 Å². The first-order valence-corrected chi connectivity index (χ1v) is 5.98. The predicted molar refractivity (Wildman–Crippen MR) is 73.8 cm³/mol. The third-order valence-electron chi connectivity index (χ3n) is 3.22. The Hall–Kier alpha value is -2.96. The Morgan fingerprint density at radius 2 is 2.10 bits per heavy atom. The second-order valence-corrected chi connectivity index (χ2v) is 4.29. The molecule has 0 atom stereocenters. The fourth-order valence-corrected chi connectivity index (χ4v) is 2.37. The van der Waals surface area contributed by atoms with Crippen LogP contribution in [0.3, 0.4) is 0 Å². The molecule has 0 saturated heterocycles. The van der Waals surface area contributed by atoms with Gasteiger partial charge in [0.15, 0.2) is 0 Å². The van der Waals surface area contributed by atoms with E-state index in [9.17, 15) is 5.11 Å². The number of aromatic nitrogens is 5. The van der Waals surface area contributed by atoms with Gasteiger partial charge < -0.3 is 9.84 Å². The van der Waals surface area contributed by atoms with Gasteiger partial charge in [-0.1, -0.05) is 24.2 Å². The summed E-state index contributed by atoms with van der Waals surface area (Å²) >= 11 is 0. The van der Waals surface area contributed by atoms with E-state index < -0.39 is 0 Å². The van der Waals surface area contributed by atoms with Crippen molar-refractivity contribution >= 4 is 28.1 Å². The first-order valence-electron chi connectivity index (χ1n) is 5.98. The normalized spacial score (nSPS) is 12.6. The lowest BCUT2D eigenvalue weighted by molar-refractivity contribution is -0.568. The molecule has 0 spiro atoms. The average Bonchev–Trinajstić information content (AvgIpc) is 3.01. The minimum absolute atomic E-state index is 0. The maximum absolute atomic E-state index is 11.8. The van der Waals surface area contributed by atoms with E-state index in [0.717, 1.165) is 10.9 Å². The smallest absolute Gasteiger partial charge is 0.351 e. The molecule has 1 aromatic carbocycles. The summed E-state index contributed by atoms with van der Waals surface area (Å²) in [5, 5.41) is 17.4. The van der Waals surface area contributed by atoms with E-state index >= 15 is 0 Å². The number of nitrogens with zero attached hydrogens (tertiary/aromatic N) is 5. The summed E-state index contributed by atoms with van der Waals surface area (Å²) in [6, 6.07) is 5.43. The third-order valence-corrected chi connectivity index (χ3v) is 3.22. The number of hydrogen-bond acceptors (Lipinski definition) is 5. The molecule has 106 valence electrons. The van der Waals surface area contributed by atoms with Gasteiger partial charge >= 0.3 is 11.3 Å². The molecule has 0 aliphatic rings. The van der Waals surface area contributed by atoms with Crippen LogP contribution < -0.4 is 14.8 Å². The van der Waals surface area contributed by atoms with Crippen molar-refractivity contribution in [2.75, 3.05) is 7.11 Å². The van der Waals surface area contributed by atoms with Crippen molar-refractivity contribution in [3.05, 3.63) is 42.0 Å². The van der Waals surface area contributed by atoms with Crippen molar-refractivity contribution in [3.63, 3.8) is 0 Å². The van der Waals surface area contributed by atoms with E-state index in [0.29, 0.717) is 16.5 Å². The maximum atomic E-state index is 11.8. The second-order valence-electron chi connectivity index (χ2n) is 4.29. The monoisotopic (exact) mass is 283 g/mol. The summed E-state index contributed by atoms with van der Waals surface area (Å²) in [5.41, 5.74) is 2.03. The number of hydrogen-bond donors (Lipinski definition) is 0. The standard InChI is InChI=1S/C13H9N5O2.CH4/c1-20-13(19)8-3-2-4-10-9(8)7-17-16-11-12(18(10)17)15-6-5-14-11;/h2-7H,1H3;1H4. The fourth-order valence-electron chi connectivity index (χ4n) is 2.37. The molecular weight excluding hydrogens is 270 g/mol. The highest BCUT2D eigenvalue weighted by Gasteiger charge is 2.19. The Kier molecular flexibility index (Phi) is 2.83. The van der Waals surface area contributed by atoms with Crippen LogP contribution in [-0.2, 0) is 4.74 Å². The molecular formula is C14H13N5O2. The summed E-state index contributed by atoms with van der Waals surface area (Å²) in [7, 11) is 1.36. The Labute approximate surface area is 119 Å². The van der Waals surface area contributed by atoms with Crippen molar-refractivity contribution in [3.8, 4) is 0 Å². The van der Waals surface area contributed by atoms with E-state index in [4.69, 9.17) is 4.74 Å². The van der Waals surface area contributed by atoms with Gasteiger partial charge in [-0.05, 0) is 13.2 Å². The molecule has 4 aromatic rings. The molecule has 0 aliphatic heterocycles. The van der Waals surface area contributed by atoms with E-state index in [1.165, 1.54) is 7.11 Å². The van der Waals surface area contributed by atoms with Gasteiger partial charge in [0.05, 0.1) is 18.3 Å². The third kappa shape index (κ3) is 1.67. The van der Waals surface area contributed by atoms with Gasteiger partial charge in [0.2, 0.25) is 0 Å². The summed E-state index contributed by atoms with van der Waals surface area (Å²) in [4.78, 5) is 8.45. The van der Waals surface area contributed by atoms with Crippen LogP contribution in [0.1, 0.15) is 7.43 Å². The largest absolute Gasteiger partial charge is 0.616 e. The molecule has 3 heterocycles. The number of ether oxygens (including phenoxy) is 1. The summed E-state index contributed by atoms with van der Waals surface area (Å²) in [5.74, 6) is -0.375. The predicted octanol–water partition coefficient (Wildman–Crippen LogP) is -0.556. The molecule has 0 radical (unpaired) electrons. The van der Waals surface area contributed by atoms with E-state index in [1.807, 2.05) is 10.6 Å². The van der Waals surface area contributed by atoms with Gasteiger partial charge in [0, 0.05) is 15.7 Å². The van der Waals surface area contributed by atoms with Crippen LogP contribution in [-0.4, -0.2) is 26.8 Å². The van der Waals surface area contributed by atoms with Crippen molar-refractivity contribution in [1.82, 2.24) is 19.7 Å². The summed E-state index contributed by atoms with van der Waals surface area (Å²) in [6.45, 7) is 0. The van der Waals surface area contributed by atoms with Crippen LogP contribution in [0.25, 0.3) is 28.1 Å². The Bertz CT molecular complexity index is 1010. The summed E-state index contributed by atoms with van der Waals surface area (Å²) < 4.78 is 8.23. The lowest BCUT2D eigenvalue weighted by atomic mass is 10.2. The molecule has 7 nitrogen and oxygen atoms in total. The van der Waals surface area contributed by atoms with Crippen molar-refractivity contribution in [2.45, 2.75) is 7.43 Å². The number of rotatable bonds is 1.